The maximum absolute atomic E-state index is 12.7. The van der Waals surface area contributed by atoms with Crippen molar-refractivity contribution in [2.75, 3.05) is 19.4 Å². The summed E-state index contributed by atoms with van der Waals surface area (Å²) in [5.74, 6) is 0.108. The molecule has 1 fully saturated rings. The summed E-state index contributed by atoms with van der Waals surface area (Å²) in [6, 6.07) is -0.163. The molecule has 1 aromatic rings. The van der Waals surface area contributed by atoms with Crippen molar-refractivity contribution in [2.45, 2.75) is 31.3 Å². The van der Waals surface area contributed by atoms with Crippen molar-refractivity contribution < 1.29 is 9.90 Å². The van der Waals surface area contributed by atoms with E-state index in [0.29, 0.717) is 22.8 Å². The summed E-state index contributed by atoms with van der Waals surface area (Å²) in [6.07, 6.45) is 2.66. The van der Waals surface area contributed by atoms with Gasteiger partial charge in [-0.3, -0.25) is 4.79 Å². The van der Waals surface area contributed by atoms with E-state index in [1.54, 1.807) is 18.1 Å². The number of aromatic amines is 1. The van der Waals surface area contributed by atoms with Gasteiger partial charge in [0, 0.05) is 12.2 Å². The van der Waals surface area contributed by atoms with Crippen LogP contribution in [-0.2, 0) is 0 Å². The molecule has 0 aromatic carbocycles. The average molecular weight is 297 g/mol. The van der Waals surface area contributed by atoms with Gasteiger partial charge in [-0.2, -0.15) is 4.98 Å². The van der Waals surface area contributed by atoms with Crippen LogP contribution in [0.5, 0.6) is 0 Å². The van der Waals surface area contributed by atoms with E-state index >= 15 is 0 Å². The maximum Gasteiger partial charge on any atom is 0.346 e. The van der Waals surface area contributed by atoms with E-state index in [2.05, 4.69) is 9.97 Å². The molecule has 1 amide bonds. The molecule has 7 heteroatoms. The van der Waals surface area contributed by atoms with Crippen LogP contribution in [0.2, 0.25) is 0 Å². The second-order valence-corrected chi connectivity index (χ2v) is 5.86. The number of nitrogens with one attached hydrogen (secondary N) is 1. The molecule has 2 rings (SSSR count). The van der Waals surface area contributed by atoms with Gasteiger partial charge in [-0.1, -0.05) is 6.92 Å². The van der Waals surface area contributed by atoms with Gasteiger partial charge in [0.05, 0.1) is 18.2 Å². The summed E-state index contributed by atoms with van der Waals surface area (Å²) in [5, 5.41) is 9.91. The third-order valence-electron chi connectivity index (χ3n) is 3.82. The van der Waals surface area contributed by atoms with Crippen LogP contribution in [0.3, 0.4) is 0 Å². The molecule has 0 spiro atoms. The van der Waals surface area contributed by atoms with Gasteiger partial charge < -0.3 is 15.0 Å². The lowest BCUT2D eigenvalue weighted by Crippen LogP contribution is -2.40. The van der Waals surface area contributed by atoms with Crippen LogP contribution in [0, 0.1) is 12.8 Å². The van der Waals surface area contributed by atoms with Crippen molar-refractivity contribution in [1.82, 2.24) is 14.9 Å². The predicted octanol–water partition coefficient (Wildman–Crippen LogP) is 0.643. The van der Waals surface area contributed by atoms with Crippen LogP contribution < -0.4 is 5.69 Å². The van der Waals surface area contributed by atoms with E-state index < -0.39 is 5.69 Å². The van der Waals surface area contributed by atoms with Gasteiger partial charge in [0.2, 0.25) is 0 Å². The number of aliphatic hydroxyl groups excluding tert-OH is 1. The molecule has 0 bridgehead atoms. The van der Waals surface area contributed by atoms with E-state index in [1.165, 1.54) is 11.8 Å². The van der Waals surface area contributed by atoms with E-state index in [4.69, 9.17) is 0 Å². The number of H-pyrrole nitrogens is 1. The molecule has 0 radical (unpaired) electrons. The van der Waals surface area contributed by atoms with Crippen molar-refractivity contribution in [1.29, 1.82) is 0 Å². The Morgan fingerprint density at radius 3 is 2.90 bits per heavy atom. The summed E-state index contributed by atoms with van der Waals surface area (Å²) in [5.41, 5.74) is 0.511. The normalized spacial score (nSPS) is 22.3. The molecule has 1 aliphatic heterocycles. The van der Waals surface area contributed by atoms with Crippen LogP contribution in [0.4, 0.5) is 0 Å². The molecule has 2 N–H and O–H groups in total. The fraction of sp³-hybridized carbons (Fsp3) is 0.615. The standard InChI is InChI=1S/C13H19N3O3S/c1-7-4-5-16(9(7)6-17)12(18)10-8(2)14-13(19)15-11(10)20-3/h7,9,17H,4-6H2,1-3H3,(H,14,15,19). The number of carbonyl (C=O) groups is 1. The quantitative estimate of drug-likeness (QED) is 0.632. The zero-order valence-corrected chi connectivity index (χ0v) is 12.7. The number of carbonyl (C=O) groups excluding carboxylic acids is 1. The van der Waals surface area contributed by atoms with Gasteiger partial charge in [-0.15, -0.1) is 11.8 Å². The molecule has 0 saturated carbocycles. The monoisotopic (exact) mass is 297 g/mol. The van der Waals surface area contributed by atoms with Gasteiger partial charge in [0.25, 0.3) is 5.91 Å². The minimum Gasteiger partial charge on any atom is -0.394 e. The molecule has 0 aliphatic carbocycles. The number of thioether (sulfide) groups is 1. The molecule has 1 saturated heterocycles. The van der Waals surface area contributed by atoms with Gasteiger partial charge >= 0.3 is 5.69 Å². The number of nitrogens with zero attached hydrogens (tertiary/aromatic N) is 2. The molecule has 110 valence electrons. The Bertz CT molecular complexity index is 572. The maximum atomic E-state index is 12.7. The molecule has 6 nitrogen and oxygen atoms in total. The van der Waals surface area contributed by atoms with E-state index in [1.807, 2.05) is 6.92 Å². The van der Waals surface area contributed by atoms with Crippen molar-refractivity contribution in [3.05, 3.63) is 21.7 Å². The molecule has 2 unspecified atom stereocenters. The molecule has 2 heterocycles. The lowest BCUT2D eigenvalue weighted by atomic mass is 10.0. The first-order valence-corrected chi connectivity index (χ1v) is 7.78. The van der Waals surface area contributed by atoms with Crippen molar-refractivity contribution in [3.8, 4) is 0 Å². The summed E-state index contributed by atoms with van der Waals surface area (Å²) < 4.78 is 0. The first-order chi connectivity index (χ1) is 9.49. The highest BCUT2D eigenvalue weighted by molar-refractivity contribution is 7.98. The fourth-order valence-corrected chi connectivity index (χ4v) is 3.26. The van der Waals surface area contributed by atoms with Gasteiger partial charge in [-0.25, -0.2) is 4.79 Å². The Hall–Kier alpha value is -1.34. The highest BCUT2D eigenvalue weighted by Gasteiger charge is 2.36. The summed E-state index contributed by atoms with van der Waals surface area (Å²) >= 11 is 1.28. The van der Waals surface area contributed by atoms with Crippen LogP contribution in [0.1, 0.15) is 29.4 Å². The minimum absolute atomic E-state index is 0.0443. The number of hydrogen-bond donors (Lipinski definition) is 2. The van der Waals surface area contributed by atoms with Crippen LogP contribution >= 0.6 is 11.8 Å². The Morgan fingerprint density at radius 1 is 1.60 bits per heavy atom. The van der Waals surface area contributed by atoms with Gasteiger partial charge in [0.1, 0.15) is 5.03 Å². The molecule has 1 aliphatic rings. The first kappa shape index (κ1) is 15.1. The van der Waals surface area contributed by atoms with Gasteiger partial charge in [-0.05, 0) is 25.5 Å². The topological polar surface area (TPSA) is 86.3 Å². The zero-order valence-electron chi connectivity index (χ0n) is 11.8. The Balaban J connectivity index is 2.41. The highest BCUT2D eigenvalue weighted by Crippen LogP contribution is 2.28. The lowest BCUT2D eigenvalue weighted by Gasteiger charge is -2.26. The number of aryl methyl sites for hydroxylation is 1. The zero-order chi connectivity index (χ0) is 14.9. The lowest BCUT2D eigenvalue weighted by molar-refractivity contribution is 0.0642. The Labute approximate surface area is 121 Å². The largest absolute Gasteiger partial charge is 0.394 e. The first-order valence-electron chi connectivity index (χ1n) is 6.56. The van der Waals surface area contributed by atoms with Crippen molar-refractivity contribution in [3.63, 3.8) is 0 Å². The number of aromatic nitrogens is 2. The predicted molar refractivity (Wildman–Crippen MR) is 77.1 cm³/mol. The molecule has 20 heavy (non-hydrogen) atoms. The van der Waals surface area contributed by atoms with E-state index in [-0.39, 0.29) is 24.5 Å². The van der Waals surface area contributed by atoms with Gasteiger partial charge in [0.15, 0.2) is 0 Å². The van der Waals surface area contributed by atoms with E-state index in [0.717, 1.165) is 6.42 Å². The number of rotatable bonds is 3. The van der Waals surface area contributed by atoms with Crippen LogP contribution in [0.15, 0.2) is 9.82 Å². The summed E-state index contributed by atoms with van der Waals surface area (Å²) in [6.45, 7) is 4.31. The Morgan fingerprint density at radius 2 is 2.30 bits per heavy atom. The highest BCUT2D eigenvalue weighted by atomic mass is 32.2. The number of hydrogen-bond acceptors (Lipinski definition) is 5. The number of aliphatic hydroxyl groups is 1. The van der Waals surface area contributed by atoms with Crippen LogP contribution in [0.25, 0.3) is 0 Å². The smallest absolute Gasteiger partial charge is 0.346 e. The summed E-state index contributed by atoms with van der Waals surface area (Å²) in [4.78, 5) is 32.2. The van der Waals surface area contributed by atoms with Crippen molar-refractivity contribution in [2.24, 2.45) is 5.92 Å². The van der Waals surface area contributed by atoms with E-state index in [9.17, 15) is 14.7 Å². The fourth-order valence-electron chi connectivity index (χ4n) is 2.64. The number of likely N-dealkylation sites (tertiary alicyclic amines) is 1. The SMILES string of the molecule is CSc1nc(=O)[nH]c(C)c1C(=O)N1CCC(C)C1CO. The third-order valence-corrected chi connectivity index (χ3v) is 4.51. The average Bonchev–Trinajstić information content (AvgIpc) is 2.78. The second-order valence-electron chi connectivity index (χ2n) is 5.07. The third kappa shape index (κ3) is 2.60. The molecular formula is C13H19N3O3S. The van der Waals surface area contributed by atoms with Crippen LogP contribution in [-0.4, -0.2) is 51.3 Å². The molecule has 1 aromatic heterocycles. The number of amides is 1. The summed E-state index contributed by atoms with van der Waals surface area (Å²) in [7, 11) is 0. The Kier molecular flexibility index (Phi) is 4.49. The minimum atomic E-state index is -0.447. The molecular weight excluding hydrogens is 278 g/mol. The van der Waals surface area contributed by atoms with Crippen molar-refractivity contribution >= 4 is 17.7 Å². The second kappa shape index (κ2) is 5.97. The molecule has 2 atom stereocenters.